The number of amides is 1. The number of benzene rings is 3. The van der Waals surface area contributed by atoms with Crippen molar-refractivity contribution in [2.45, 2.75) is 17.7 Å². The summed E-state index contributed by atoms with van der Waals surface area (Å²) in [5, 5.41) is 5.01. The van der Waals surface area contributed by atoms with Crippen molar-refractivity contribution in [2.75, 3.05) is 25.5 Å². The molecule has 1 amide bonds. The fourth-order valence-corrected chi connectivity index (χ4v) is 5.36. The van der Waals surface area contributed by atoms with E-state index < -0.39 is 15.9 Å². The average Bonchev–Trinajstić information content (AvgIpc) is 2.79. The van der Waals surface area contributed by atoms with Crippen LogP contribution in [0.25, 0.3) is 10.8 Å². The number of piperidine rings is 1. The topological polar surface area (TPSA) is 75.7 Å². The molecular formula is C23H24N2O4S. The normalized spacial score (nSPS) is 17.6. The quantitative estimate of drug-likeness (QED) is 0.674. The molecule has 0 bridgehead atoms. The number of fused-ring (bicyclic) bond motifs is 1. The Morgan fingerprint density at radius 2 is 1.77 bits per heavy atom. The van der Waals surface area contributed by atoms with E-state index >= 15 is 0 Å². The third kappa shape index (κ3) is 4.04. The van der Waals surface area contributed by atoms with Gasteiger partial charge in [-0.2, -0.15) is 4.31 Å². The second kappa shape index (κ2) is 8.45. The van der Waals surface area contributed by atoms with Crippen molar-refractivity contribution in [3.8, 4) is 5.75 Å². The maximum Gasteiger partial charge on any atom is 0.243 e. The second-order valence-corrected chi connectivity index (χ2v) is 9.33. The number of carbonyl (C=O) groups excluding carboxylic acids is 1. The van der Waals surface area contributed by atoms with Crippen LogP contribution in [0.2, 0.25) is 0 Å². The molecule has 0 spiro atoms. The Bertz CT molecular complexity index is 1150. The molecule has 6 nitrogen and oxygen atoms in total. The van der Waals surface area contributed by atoms with Crippen molar-refractivity contribution in [1.82, 2.24) is 4.31 Å². The van der Waals surface area contributed by atoms with Crippen LogP contribution in [-0.2, 0) is 14.8 Å². The fourth-order valence-electron chi connectivity index (χ4n) is 3.84. The van der Waals surface area contributed by atoms with Crippen LogP contribution in [0.4, 0.5) is 5.69 Å². The highest BCUT2D eigenvalue weighted by Crippen LogP contribution is 2.28. The Kier molecular flexibility index (Phi) is 5.74. The number of rotatable bonds is 5. The van der Waals surface area contributed by atoms with Gasteiger partial charge in [0.15, 0.2) is 0 Å². The monoisotopic (exact) mass is 424 g/mol. The maximum absolute atomic E-state index is 13.0. The lowest BCUT2D eigenvalue weighted by Gasteiger charge is -2.31. The van der Waals surface area contributed by atoms with E-state index in [2.05, 4.69) is 5.32 Å². The summed E-state index contributed by atoms with van der Waals surface area (Å²) in [5.74, 6) is 0.0478. The molecule has 1 unspecified atom stereocenters. The largest absolute Gasteiger partial charge is 0.497 e. The predicted molar refractivity (Wildman–Crippen MR) is 117 cm³/mol. The van der Waals surface area contributed by atoms with E-state index in [1.165, 1.54) is 23.5 Å². The van der Waals surface area contributed by atoms with Gasteiger partial charge in [0.1, 0.15) is 5.75 Å². The van der Waals surface area contributed by atoms with Crippen molar-refractivity contribution in [1.29, 1.82) is 0 Å². The van der Waals surface area contributed by atoms with Crippen molar-refractivity contribution >= 4 is 32.4 Å². The fraction of sp³-hybridized carbons (Fsp3) is 0.261. The average molecular weight is 425 g/mol. The van der Waals surface area contributed by atoms with Gasteiger partial charge >= 0.3 is 0 Å². The van der Waals surface area contributed by atoms with E-state index in [0.29, 0.717) is 25.1 Å². The van der Waals surface area contributed by atoms with E-state index in [-0.39, 0.29) is 17.3 Å². The summed E-state index contributed by atoms with van der Waals surface area (Å²) in [6, 6.07) is 19.9. The van der Waals surface area contributed by atoms with Gasteiger partial charge in [0.25, 0.3) is 0 Å². The molecule has 3 aromatic carbocycles. The Morgan fingerprint density at radius 3 is 2.53 bits per heavy atom. The van der Waals surface area contributed by atoms with Crippen molar-refractivity contribution < 1.29 is 17.9 Å². The summed E-state index contributed by atoms with van der Waals surface area (Å²) >= 11 is 0. The van der Waals surface area contributed by atoms with Gasteiger partial charge in [-0.1, -0.05) is 36.4 Å². The predicted octanol–water partition coefficient (Wildman–Crippen LogP) is 3.89. The molecule has 156 valence electrons. The number of nitrogens with one attached hydrogen (secondary N) is 1. The summed E-state index contributed by atoms with van der Waals surface area (Å²) < 4.78 is 32.6. The number of hydrogen-bond donors (Lipinski definition) is 1. The first-order valence-electron chi connectivity index (χ1n) is 9.92. The van der Waals surface area contributed by atoms with Crippen LogP contribution in [0.15, 0.2) is 71.6 Å². The van der Waals surface area contributed by atoms with Gasteiger partial charge in [-0.05, 0) is 48.6 Å². The SMILES string of the molecule is COc1ccc(S(=O)(=O)N2CCCC(C(=O)Nc3cccc4ccccc34)C2)cc1. The van der Waals surface area contributed by atoms with Gasteiger partial charge in [-0.3, -0.25) is 4.79 Å². The van der Waals surface area contributed by atoms with E-state index in [9.17, 15) is 13.2 Å². The molecule has 0 saturated carbocycles. The highest BCUT2D eigenvalue weighted by Gasteiger charge is 2.33. The Labute approximate surface area is 176 Å². The lowest BCUT2D eigenvalue weighted by molar-refractivity contribution is -0.120. The summed E-state index contributed by atoms with van der Waals surface area (Å²) in [7, 11) is -2.13. The van der Waals surface area contributed by atoms with Crippen LogP contribution in [0, 0.1) is 5.92 Å². The number of hydrogen-bond acceptors (Lipinski definition) is 4. The highest BCUT2D eigenvalue weighted by atomic mass is 32.2. The Hall–Kier alpha value is -2.90. The van der Waals surface area contributed by atoms with E-state index in [1.807, 2.05) is 42.5 Å². The Morgan fingerprint density at radius 1 is 1.03 bits per heavy atom. The zero-order chi connectivity index (χ0) is 21.1. The van der Waals surface area contributed by atoms with Gasteiger partial charge in [-0.15, -0.1) is 0 Å². The van der Waals surface area contributed by atoms with Crippen LogP contribution in [0.5, 0.6) is 5.75 Å². The van der Waals surface area contributed by atoms with Gasteiger partial charge < -0.3 is 10.1 Å². The Balaban J connectivity index is 1.51. The van der Waals surface area contributed by atoms with E-state index in [0.717, 1.165) is 16.5 Å². The molecule has 1 fully saturated rings. The van der Waals surface area contributed by atoms with Crippen molar-refractivity contribution in [2.24, 2.45) is 5.92 Å². The molecular weight excluding hydrogens is 400 g/mol. The standard InChI is InChI=1S/C23H24N2O4S/c1-29-19-11-13-20(14-12-19)30(27,28)25-15-5-8-18(16-25)23(26)24-22-10-4-7-17-6-2-3-9-21(17)22/h2-4,6-7,9-14,18H,5,8,15-16H2,1H3,(H,24,26). The minimum absolute atomic E-state index is 0.152. The molecule has 1 aliphatic rings. The lowest BCUT2D eigenvalue weighted by Crippen LogP contribution is -2.43. The molecule has 1 atom stereocenters. The van der Waals surface area contributed by atoms with Gasteiger partial charge in [0.05, 0.1) is 17.9 Å². The first-order valence-corrected chi connectivity index (χ1v) is 11.4. The number of sulfonamides is 1. The van der Waals surface area contributed by atoms with Gasteiger partial charge in [-0.25, -0.2) is 8.42 Å². The molecule has 0 aliphatic carbocycles. The molecule has 0 aromatic heterocycles. The molecule has 7 heteroatoms. The summed E-state index contributed by atoms with van der Waals surface area (Å²) in [6.07, 6.45) is 1.30. The minimum Gasteiger partial charge on any atom is -0.497 e. The third-order valence-electron chi connectivity index (χ3n) is 5.50. The smallest absolute Gasteiger partial charge is 0.243 e. The van der Waals surface area contributed by atoms with Crippen LogP contribution in [0.3, 0.4) is 0 Å². The first kappa shape index (κ1) is 20.4. The number of ether oxygens (including phenoxy) is 1. The van der Waals surface area contributed by atoms with E-state index in [4.69, 9.17) is 4.74 Å². The van der Waals surface area contributed by atoms with Gasteiger partial charge in [0.2, 0.25) is 15.9 Å². The van der Waals surface area contributed by atoms with E-state index in [1.54, 1.807) is 12.1 Å². The molecule has 1 aliphatic heterocycles. The summed E-state index contributed by atoms with van der Waals surface area (Å²) in [5.41, 5.74) is 0.744. The van der Waals surface area contributed by atoms with Crippen LogP contribution >= 0.6 is 0 Å². The molecule has 4 rings (SSSR count). The molecule has 1 heterocycles. The highest BCUT2D eigenvalue weighted by molar-refractivity contribution is 7.89. The van der Waals surface area contributed by atoms with Crippen LogP contribution in [0.1, 0.15) is 12.8 Å². The zero-order valence-corrected chi connectivity index (χ0v) is 17.6. The molecule has 0 radical (unpaired) electrons. The number of carbonyl (C=O) groups is 1. The molecule has 30 heavy (non-hydrogen) atoms. The molecule has 3 aromatic rings. The number of anilines is 1. The first-order chi connectivity index (χ1) is 14.5. The lowest BCUT2D eigenvalue weighted by atomic mass is 9.98. The third-order valence-corrected chi connectivity index (χ3v) is 7.38. The number of methoxy groups -OCH3 is 1. The van der Waals surface area contributed by atoms with Crippen molar-refractivity contribution in [3.05, 3.63) is 66.7 Å². The maximum atomic E-state index is 13.0. The number of nitrogens with zero attached hydrogens (tertiary/aromatic N) is 1. The zero-order valence-electron chi connectivity index (χ0n) is 16.7. The van der Waals surface area contributed by atoms with Crippen LogP contribution in [-0.4, -0.2) is 38.8 Å². The summed E-state index contributed by atoms with van der Waals surface area (Å²) in [4.78, 5) is 13.2. The van der Waals surface area contributed by atoms with Gasteiger partial charge in [0, 0.05) is 24.2 Å². The van der Waals surface area contributed by atoms with Crippen molar-refractivity contribution in [3.63, 3.8) is 0 Å². The minimum atomic E-state index is -3.66. The summed E-state index contributed by atoms with van der Waals surface area (Å²) in [6.45, 7) is 0.581. The van der Waals surface area contributed by atoms with Crippen LogP contribution < -0.4 is 10.1 Å². The second-order valence-electron chi connectivity index (χ2n) is 7.39. The molecule has 1 saturated heterocycles. The molecule has 1 N–H and O–H groups in total.